The first-order chi connectivity index (χ1) is 5.68. The topological polar surface area (TPSA) is 26.3 Å². The Hall–Kier alpha value is -0.630. The SMILES string of the molecule is CC(C)=CCC1(C=O)CCCO1. The van der Waals surface area contributed by atoms with E-state index in [9.17, 15) is 4.79 Å². The van der Waals surface area contributed by atoms with Crippen LogP contribution in [0, 0.1) is 0 Å². The molecule has 2 heteroatoms. The summed E-state index contributed by atoms with van der Waals surface area (Å²) in [7, 11) is 0. The van der Waals surface area contributed by atoms with E-state index in [1.54, 1.807) is 0 Å². The number of aldehydes is 1. The van der Waals surface area contributed by atoms with Crippen LogP contribution in [0.25, 0.3) is 0 Å². The van der Waals surface area contributed by atoms with Gasteiger partial charge < -0.3 is 9.53 Å². The van der Waals surface area contributed by atoms with Gasteiger partial charge in [0.15, 0.2) is 6.29 Å². The third-order valence-corrected chi connectivity index (χ3v) is 2.20. The number of ether oxygens (including phenoxy) is 1. The summed E-state index contributed by atoms with van der Waals surface area (Å²) in [5, 5.41) is 0. The third-order valence-electron chi connectivity index (χ3n) is 2.20. The highest BCUT2D eigenvalue weighted by Gasteiger charge is 2.33. The van der Waals surface area contributed by atoms with Crippen molar-refractivity contribution in [3.05, 3.63) is 11.6 Å². The van der Waals surface area contributed by atoms with E-state index in [1.807, 2.05) is 13.8 Å². The molecule has 68 valence electrons. The molecule has 0 aromatic heterocycles. The fourth-order valence-corrected chi connectivity index (χ4v) is 1.40. The summed E-state index contributed by atoms with van der Waals surface area (Å²) in [4.78, 5) is 10.8. The highest BCUT2D eigenvalue weighted by molar-refractivity contribution is 5.63. The standard InChI is InChI=1S/C10H16O2/c1-9(2)4-6-10(8-11)5-3-7-12-10/h4,8H,3,5-7H2,1-2H3. The van der Waals surface area contributed by atoms with E-state index in [0.717, 1.165) is 32.2 Å². The van der Waals surface area contributed by atoms with Crippen LogP contribution in [0.15, 0.2) is 11.6 Å². The largest absolute Gasteiger partial charge is 0.367 e. The van der Waals surface area contributed by atoms with Gasteiger partial charge in [-0.2, -0.15) is 0 Å². The Morgan fingerprint density at radius 1 is 1.58 bits per heavy atom. The van der Waals surface area contributed by atoms with Crippen molar-refractivity contribution in [2.45, 2.75) is 38.7 Å². The molecule has 0 spiro atoms. The monoisotopic (exact) mass is 168 g/mol. The minimum Gasteiger partial charge on any atom is -0.367 e. The number of allylic oxidation sites excluding steroid dienone is 1. The molecule has 0 radical (unpaired) electrons. The Kier molecular flexibility index (Phi) is 3.04. The van der Waals surface area contributed by atoms with Crippen molar-refractivity contribution in [1.82, 2.24) is 0 Å². The fourth-order valence-electron chi connectivity index (χ4n) is 1.40. The van der Waals surface area contributed by atoms with E-state index < -0.39 is 5.60 Å². The van der Waals surface area contributed by atoms with E-state index in [-0.39, 0.29) is 0 Å². The maximum Gasteiger partial charge on any atom is 0.152 e. The van der Waals surface area contributed by atoms with Gasteiger partial charge in [0.25, 0.3) is 0 Å². The highest BCUT2D eigenvalue weighted by Crippen LogP contribution is 2.27. The maximum atomic E-state index is 10.8. The molecule has 0 saturated carbocycles. The lowest BCUT2D eigenvalue weighted by atomic mass is 9.97. The molecule has 1 fully saturated rings. The lowest BCUT2D eigenvalue weighted by Crippen LogP contribution is -2.28. The second kappa shape index (κ2) is 3.85. The van der Waals surface area contributed by atoms with Crippen LogP contribution in [0.5, 0.6) is 0 Å². The normalized spacial score (nSPS) is 28.5. The molecule has 1 unspecified atom stereocenters. The summed E-state index contributed by atoms with van der Waals surface area (Å²) in [6.45, 7) is 4.80. The summed E-state index contributed by atoms with van der Waals surface area (Å²) in [6.07, 6.45) is 5.65. The van der Waals surface area contributed by atoms with E-state index in [0.29, 0.717) is 0 Å². The van der Waals surface area contributed by atoms with E-state index in [2.05, 4.69) is 6.08 Å². The molecule has 0 N–H and O–H groups in total. The summed E-state index contributed by atoms with van der Waals surface area (Å²) in [5.41, 5.74) is 0.754. The van der Waals surface area contributed by atoms with Crippen LogP contribution < -0.4 is 0 Å². The zero-order chi connectivity index (χ0) is 9.03. The minimum atomic E-state index is -0.489. The summed E-state index contributed by atoms with van der Waals surface area (Å²) >= 11 is 0. The molecule has 1 atom stereocenters. The first-order valence-electron chi connectivity index (χ1n) is 4.42. The highest BCUT2D eigenvalue weighted by atomic mass is 16.5. The molecular formula is C10H16O2. The fraction of sp³-hybridized carbons (Fsp3) is 0.700. The number of carbonyl (C=O) groups is 1. The van der Waals surface area contributed by atoms with Gasteiger partial charge in [-0.25, -0.2) is 0 Å². The molecule has 0 amide bonds. The Bertz CT molecular complexity index is 184. The average Bonchev–Trinajstić information content (AvgIpc) is 2.50. The number of hydrogen-bond donors (Lipinski definition) is 0. The lowest BCUT2D eigenvalue weighted by Gasteiger charge is -2.19. The van der Waals surface area contributed by atoms with Gasteiger partial charge in [-0.1, -0.05) is 11.6 Å². The molecule has 12 heavy (non-hydrogen) atoms. The van der Waals surface area contributed by atoms with Crippen molar-refractivity contribution in [3.63, 3.8) is 0 Å². The van der Waals surface area contributed by atoms with Crippen molar-refractivity contribution in [1.29, 1.82) is 0 Å². The molecule has 0 aliphatic carbocycles. The molecule has 0 aromatic carbocycles. The van der Waals surface area contributed by atoms with E-state index >= 15 is 0 Å². The van der Waals surface area contributed by atoms with Gasteiger partial charge >= 0.3 is 0 Å². The van der Waals surface area contributed by atoms with Crippen LogP contribution in [-0.4, -0.2) is 18.5 Å². The second-order valence-electron chi connectivity index (χ2n) is 3.62. The van der Waals surface area contributed by atoms with Crippen molar-refractivity contribution in [3.8, 4) is 0 Å². The van der Waals surface area contributed by atoms with Crippen LogP contribution in [0.3, 0.4) is 0 Å². The summed E-state index contributed by atoms with van der Waals surface area (Å²) in [6, 6.07) is 0. The molecule has 1 rings (SSSR count). The van der Waals surface area contributed by atoms with E-state index in [1.165, 1.54) is 5.57 Å². The van der Waals surface area contributed by atoms with Gasteiger partial charge in [0.1, 0.15) is 5.60 Å². The maximum absolute atomic E-state index is 10.8. The van der Waals surface area contributed by atoms with Crippen molar-refractivity contribution < 1.29 is 9.53 Å². The Balaban J connectivity index is 2.55. The van der Waals surface area contributed by atoms with E-state index in [4.69, 9.17) is 4.74 Å². The lowest BCUT2D eigenvalue weighted by molar-refractivity contribution is -0.125. The van der Waals surface area contributed by atoms with Gasteiger partial charge in [0.2, 0.25) is 0 Å². The molecule has 1 aliphatic heterocycles. The van der Waals surface area contributed by atoms with Gasteiger partial charge in [-0.15, -0.1) is 0 Å². The molecule has 0 bridgehead atoms. The average molecular weight is 168 g/mol. The van der Waals surface area contributed by atoms with Gasteiger partial charge in [-0.3, -0.25) is 0 Å². The first-order valence-corrected chi connectivity index (χ1v) is 4.42. The van der Waals surface area contributed by atoms with Crippen LogP contribution in [0.4, 0.5) is 0 Å². The van der Waals surface area contributed by atoms with Crippen LogP contribution >= 0.6 is 0 Å². The Morgan fingerprint density at radius 3 is 2.75 bits per heavy atom. The van der Waals surface area contributed by atoms with Crippen LogP contribution in [0.1, 0.15) is 33.1 Å². The number of rotatable bonds is 3. The Labute approximate surface area is 73.6 Å². The molecule has 1 heterocycles. The summed E-state index contributed by atoms with van der Waals surface area (Å²) < 4.78 is 5.43. The van der Waals surface area contributed by atoms with Crippen molar-refractivity contribution in [2.75, 3.05) is 6.61 Å². The molecule has 1 aliphatic rings. The van der Waals surface area contributed by atoms with Gasteiger partial charge in [0, 0.05) is 13.0 Å². The predicted octanol–water partition coefficient (Wildman–Crippen LogP) is 2.09. The van der Waals surface area contributed by atoms with Crippen LogP contribution in [0.2, 0.25) is 0 Å². The quantitative estimate of drug-likeness (QED) is 0.476. The number of hydrogen-bond acceptors (Lipinski definition) is 2. The first kappa shape index (κ1) is 9.46. The van der Waals surface area contributed by atoms with Gasteiger partial charge in [0.05, 0.1) is 0 Å². The molecular weight excluding hydrogens is 152 g/mol. The molecule has 2 nitrogen and oxygen atoms in total. The number of carbonyl (C=O) groups excluding carboxylic acids is 1. The molecule has 1 saturated heterocycles. The predicted molar refractivity (Wildman–Crippen MR) is 48.0 cm³/mol. The zero-order valence-electron chi connectivity index (χ0n) is 7.80. The summed E-state index contributed by atoms with van der Waals surface area (Å²) in [5.74, 6) is 0. The Morgan fingerprint density at radius 2 is 2.33 bits per heavy atom. The van der Waals surface area contributed by atoms with Gasteiger partial charge in [-0.05, 0) is 26.7 Å². The molecule has 0 aromatic rings. The third kappa shape index (κ3) is 2.18. The van der Waals surface area contributed by atoms with Crippen molar-refractivity contribution >= 4 is 6.29 Å². The second-order valence-corrected chi connectivity index (χ2v) is 3.62. The minimum absolute atomic E-state index is 0.489. The smallest absolute Gasteiger partial charge is 0.152 e. The van der Waals surface area contributed by atoms with Crippen molar-refractivity contribution in [2.24, 2.45) is 0 Å². The zero-order valence-corrected chi connectivity index (χ0v) is 7.80. The van der Waals surface area contributed by atoms with Crippen LogP contribution in [-0.2, 0) is 9.53 Å².